The van der Waals surface area contributed by atoms with Crippen molar-refractivity contribution in [3.8, 4) is 0 Å². The summed E-state index contributed by atoms with van der Waals surface area (Å²) >= 11 is 0. The fourth-order valence-electron chi connectivity index (χ4n) is 4.28. The van der Waals surface area contributed by atoms with Crippen molar-refractivity contribution in [1.82, 2.24) is 9.80 Å². The molecule has 2 aliphatic rings. The lowest BCUT2D eigenvalue weighted by Gasteiger charge is -2.34. The maximum atomic E-state index is 13.1. The van der Waals surface area contributed by atoms with Crippen LogP contribution < -0.4 is 0 Å². The first-order chi connectivity index (χ1) is 13.5. The lowest BCUT2D eigenvalue weighted by atomic mass is 9.97. The third-order valence-electron chi connectivity index (χ3n) is 6.19. The molecule has 1 atom stereocenters. The molecule has 146 valence electrons. The van der Waals surface area contributed by atoms with E-state index in [2.05, 4.69) is 38.1 Å². The maximum absolute atomic E-state index is 13.1. The van der Waals surface area contributed by atoms with Crippen molar-refractivity contribution in [2.45, 2.75) is 45.7 Å². The van der Waals surface area contributed by atoms with Crippen LogP contribution in [0.1, 0.15) is 59.3 Å². The van der Waals surface area contributed by atoms with Crippen molar-refractivity contribution in [2.24, 2.45) is 5.92 Å². The largest absolute Gasteiger partial charge is 0.343 e. The molecule has 4 nitrogen and oxygen atoms in total. The van der Waals surface area contributed by atoms with Gasteiger partial charge < -0.3 is 9.80 Å². The summed E-state index contributed by atoms with van der Waals surface area (Å²) in [5, 5.41) is 0. The Bertz CT molecular complexity index is 866. The Labute approximate surface area is 167 Å². The van der Waals surface area contributed by atoms with Crippen LogP contribution in [0.25, 0.3) is 0 Å². The molecule has 0 unspecified atom stereocenters. The van der Waals surface area contributed by atoms with E-state index in [4.69, 9.17) is 0 Å². The number of rotatable bonds is 4. The Morgan fingerprint density at radius 1 is 1.07 bits per heavy atom. The zero-order valence-corrected chi connectivity index (χ0v) is 16.7. The normalized spacial score (nSPS) is 18.3. The molecule has 0 radical (unpaired) electrons. The van der Waals surface area contributed by atoms with Crippen LogP contribution >= 0.6 is 0 Å². The number of likely N-dealkylation sites (tertiary alicyclic amines) is 1. The second-order valence-corrected chi connectivity index (χ2v) is 8.28. The van der Waals surface area contributed by atoms with Crippen LogP contribution in [0.3, 0.4) is 0 Å². The number of fused-ring (bicyclic) bond motifs is 1. The predicted octanol–water partition coefficient (Wildman–Crippen LogP) is 4.34. The van der Waals surface area contributed by atoms with Crippen molar-refractivity contribution in [2.75, 3.05) is 13.1 Å². The van der Waals surface area contributed by atoms with E-state index >= 15 is 0 Å². The molecule has 0 bridgehead atoms. The van der Waals surface area contributed by atoms with Crippen LogP contribution in [0.4, 0.5) is 0 Å². The molecule has 2 amide bonds. The van der Waals surface area contributed by atoms with Crippen LogP contribution in [-0.4, -0.2) is 34.7 Å². The molecule has 0 aliphatic carbocycles. The fourth-order valence-corrected chi connectivity index (χ4v) is 4.28. The van der Waals surface area contributed by atoms with E-state index in [1.807, 2.05) is 34.1 Å². The molecule has 0 aromatic heterocycles. The molecule has 1 fully saturated rings. The summed E-state index contributed by atoms with van der Waals surface area (Å²) in [5.41, 5.74) is 4.02. The number of amides is 2. The van der Waals surface area contributed by atoms with E-state index in [1.54, 1.807) is 0 Å². The van der Waals surface area contributed by atoms with Gasteiger partial charge in [-0.05, 0) is 42.9 Å². The summed E-state index contributed by atoms with van der Waals surface area (Å²) in [6.45, 7) is 6.52. The van der Waals surface area contributed by atoms with E-state index in [1.165, 1.54) is 5.56 Å². The van der Waals surface area contributed by atoms with Crippen molar-refractivity contribution >= 4 is 11.8 Å². The molecule has 1 saturated heterocycles. The molecular weight excluding hydrogens is 348 g/mol. The molecule has 2 aromatic rings. The minimum absolute atomic E-state index is 0.0289. The van der Waals surface area contributed by atoms with Gasteiger partial charge in [-0.25, -0.2) is 0 Å². The highest BCUT2D eigenvalue weighted by molar-refractivity contribution is 5.98. The lowest BCUT2D eigenvalue weighted by Crippen LogP contribution is -2.40. The highest BCUT2D eigenvalue weighted by Crippen LogP contribution is 2.34. The zero-order valence-electron chi connectivity index (χ0n) is 16.7. The van der Waals surface area contributed by atoms with Gasteiger partial charge in [0.15, 0.2) is 0 Å². The van der Waals surface area contributed by atoms with E-state index in [9.17, 15) is 9.59 Å². The second-order valence-electron chi connectivity index (χ2n) is 8.28. The summed E-state index contributed by atoms with van der Waals surface area (Å²) in [7, 11) is 0. The summed E-state index contributed by atoms with van der Waals surface area (Å²) in [4.78, 5) is 30.0. The van der Waals surface area contributed by atoms with E-state index in [0.717, 1.165) is 42.6 Å². The van der Waals surface area contributed by atoms with E-state index < -0.39 is 0 Å². The average molecular weight is 377 g/mol. The first kappa shape index (κ1) is 18.7. The Hall–Kier alpha value is -2.62. The SMILES string of the molecule is Cc1ccc([C@@H](CC(=O)N2CCC(C)CC2)N2Cc3ccccc3C2=O)cc1. The van der Waals surface area contributed by atoms with Gasteiger partial charge in [-0.3, -0.25) is 9.59 Å². The molecule has 0 spiro atoms. The minimum atomic E-state index is -0.229. The van der Waals surface area contributed by atoms with Crippen LogP contribution in [0.5, 0.6) is 0 Å². The summed E-state index contributed by atoms with van der Waals surface area (Å²) in [6.07, 6.45) is 2.47. The van der Waals surface area contributed by atoms with E-state index in [-0.39, 0.29) is 17.9 Å². The number of carbonyl (C=O) groups excluding carboxylic acids is 2. The molecule has 2 heterocycles. The van der Waals surface area contributed by atoms with Gasteiger partial charge in [-0.1, -0.05) is 55.0 Å². The first-order valence-corrected chi connectivity index (χ1v) is 10.3. The number of carbonyl (C=O) groups is 2. The maximum Gasteiger partial charge on any atom is 0.255 e. The topological polar surface area (TPSA) is 40.6 Å². The average Bonchev–Trinajstić information content (AvgIpc) is 3.04. The molecule has 2 aromatic carbocycles. The van der Waals surface area contributed by atoms with Crippen LogP contribution in [0.2, 0.25) is 0 Å². The minimum Gasteiger partial charge on any atom is -0.343 e. The number of nitrogens with zero attached hydrogens (tertiary/aromatic N) is 2. The highest BCUT2D eigenvalue weighted by Gasteiger charge is 2.35. The Morgan fingerprint density at radius 2 is 1.75 bits per heavy atom. The van der Waals surface area contributed by atoms with Gasteiger partial charge in [0.25, 0.3) is 5.91 Å². The Morgan fingerprint density at radius 3 is 2.43 bits per heavy atom. The van der Waals surface area contributed by atoms with Gasteiger partial charge in [-0.2, -0.15) is 0 Å². The predicted molar refractivity (Wildman–Crippen MR) is 110 cm³/mol. The number of benzene rings is 2. The summed E-state index contributed by atoms with van der Waals surface area (Å²) in [6, 6.07) is 15.8. The van der Waals surface area contributed by atoms with Crippen molar-refractivity contribution in [3.63, 3.8) is 0 Å². The van der Waals surface area contributed by atoms with Gasteiger partial charge in [0.1, 0.15) is 0 Å². The number of aryl methyl sites for hydroxylation is 1. The third kappa shape index (κ3) is 3.68. The van der Waals surface area contributed by atoms with Crippen molar-refractivity contribution < 1.29 is 9.59 Å². The monoisotopic (exact) mass is 376 g/mol. The van der Waals surface area contributed by atoms with Gasteiger partial charge >= 0.3 is 0 Å². The standard InChI is InChI=1S/C24H28N2O2/c1-17-7-9-19(10-8-17)22(15-23(27)25-13-11-18(2)12-14-25)26-16-20-5-3-4-6-21(20)24(26)28/h3-10,18,22H,11-16H2,1-2H3/t22-/m1/s1. The Kier molecular flexibility index (Phi) is 5.21. The molecule has 4 heteroatoms. The number of hydrogen-bond acceptors (Lipinski definition) is 2. The molecule has 2 aliphatic heterocycles. The van der Waals surface area contributed by atoms with Gasteiger partial charge in [0, 0.05) is 25.2 Å². The van der Waals surface area contributed by atoms with Crippen molar-refractivity contribution in [1.29, 1.82) is 0 Å². The van der Waals surface area contributed by atoms with Crippen LogP contribution in [0, 0.1) is 12.8 Å². The first-order valence-electron chi connectivity index (χ1n) is 10.3. The highest BCUT2D eigenvalue weighted by atomic mass is 16.2. The number of piperidine rings is 1. The smallest absolute Gasteiger partial charge is 0.255 e. The summed E-state index contributed by atoms with van der Waals surface area (Å²) in [5.74, 6) is 0.870. The Balaban J connectivity index is 1.59. The molecule has 0 saturated carbocycles. The number of hydrogen-bond donors (Lipinski definition) is 0. The molecule has 0 N–H and O–H groups in total. The van der Waals surface area contributed by atoms with Gasteiger partial charge in [0.2, 0.25) is 5.91 Å². The zero-order chi connectivity index (χ0) is 19.7. The van der Waals surface area contributed by atoms with Gasteiger partial charge in [0.05, 0.1) is 12.5 Å². The quantitative estimate of drug-likeness (QED) is 0.796. The molecule has 4 rings (SSSR count). The second kappa shape index (κ2) is 7.78. The lowest BCUT2D eigenvalue weighted by molar-refractivity contribution is -0.133. The van der Waals surface area contributed by atoms with E-state index in [0.29, 0.717) is 18.9 Å². The van der Waals surface area contributed by atoms with Crippen molar-refractivity contribution in [3.05, 3.63) is 70.8 Å². The third-order valence-corrected chi connectivity index (χ3v) is 6.19. The summed E-state index contributed by atoms with van der Waals surface area (Å²) < 4.78 is 0. The van der Waals surface area contributed by atoms with Gasteiger partial charge in [-0.15, -0.1) is 0 Å². The molecule has 28 heavy (non-hydrogen) atoms. The van der Waals surface area contributed by atoms with Crippen LogP contribution in [-0.2, 0) is 11.3 Å². The fraction of sp³-hybridized carbons (Fsp3) is 0.417. The van der Waals surface area contributed by atoms with Crippen LogP contribution in [0.15, 0.2) is 48.5 Å². The molecular formula is C24H28N2O2.